The molecule has 1 aromatic carbocycles. The first-order chi connectivity index (χ1) is 9.10. The van der Waals surface area contributed by atoms with Gasteiger partial charge in [0, 0.05) is 17.1 Å². The molecule has 0 aliphatic carbocycles. The van der Waals surface area contributed by atoms with Crippen LogP contribution in [-0.2, 0) is 6.54 Å². The summed E-state index contributed by atoms with van der Waals surface area (Å²) < 4.78 is 18.9. The second kappa shape index (κ2) is 5.99. The van der Waals surface area contributed by atoms with Crippen molar-refractivity contribution in [2.45, 2.75) is 13.5 Å². The summed E-state index contributed by atoms with van der Waals surface area (Å²) in [5.41, 5.74) is 1.56. The van der Waals surface area contributed by atoms with Gasteiger partial charge in [-0.05, 0) is 43.8 Å². The molecule has 0 aliphatic rings. The third-order valence-electron chi connectivity index (χ3n) is 2.60. The van der Waals surface area contributed by atoms with E-state index in [2.05, 4.69) is 10.3 Å². The van der Waals surface area contributed by atoms with E-state index in [1.165, 1.54) is 6.07 Å². The van der Waals surface area contributed by atoms with Crippen molar-refractivity contribution in [3.8, 4) is 11.6 Å². The highest BCUT2D eigenvalue weighted by Crippen LogP contribution is 2.28. The van der Waals surface area contributed by atoms with E-state index < -0.39 is 0 Å². The van der Waals surface area contributed by atoms with Crippen LogP contribution in [0, 0.1) is 12.7 Å². The molecule has 1 aromatic heterocycles. The molecule has 0 bridgehead atoms. The Kier molecular flexibility index (Phi) is 4.35. The fourth-order valence-corrected chi connectivity index (χ4v) is 1.94. The lowest BCUT2D eigenvalue weighted by Gasteiger charge is -2.11. The topological polar surface area (TPSA) is 34.2 Å². The van der Waals surface area contributed by atoms with E-state index in [1.807, 2.05) is 6.92 Å². The Hall–Kier alpha value is -1.65. The van der Waals surface area contributed by atoms with E-state index in [0.29, 0.717) is 28.8 Å². The van der Waals surface area contributed by atoms with Gasteiger partial charge < -0.3 is 10.1 Å². The lowest BCUT2D eigenvalue weighted by Crippen LogP contribution is -2.08. The number of hydrogen-bond acceptors (Lipinski definition) is 3. The van der Waals surface area contributed by atoms with E-state index in [1.54, 1.807) is 25.2 Å². The molecule has 0 spiro atoms. The summed E-state index contributed by atoms with van der Waals surface area (Å²) in [4.78, 5) is 3.99. The number of nitrogens with one attached hydrogen (secondary N) is 1. The monoisotopic (exact) mass is 280 g/mol. The molecule has 0 aliphatic heterocycles. The predicted molar refractivity (Wildman–Crippen MR) is 73.2 cm³/mol. The fourth-order valence-electron chi connectivity index (χ4n) is 1.71. The zero-order valence-electron chi connectivity index (χ0n) is 10.7. The third kappa shape index (κ3) is 3.43. The number of hydrogen-bond donors (Lipinski definition) is 1. The second-order valence-electron chi connectivity index (χ2n) is 4.16. The van der Waals surface area contributed by atoms with Gasteiger partial charge in [-0.2, -0.15) is 0 Å². The van der Waals surface area contributed by atoms with E-state index in [-0.39, 0.29) is 5.82 Å². The molecule has 0 unspecified atom stereocenters. The van der Waals surface area contributed by atoms with Gasteiger partial charge in [0.1, 0.15) is 11.6 Å². The average molecular weight is 281 g/mol. The minimum atomic E-state index is -0.384. The van der Waals surface area contributed by atoms with Crippen LogP contribution in [0.3, 0.4) is 0 Å². The zero-order chi connectivity index (χ0) is 13.8. The normalized spacial score (nSPS) is 10.5. The Morgan fingerprint density at radius 2 is 2.16 bits per heavy atom. The minimum absolute atomic E-state index is 0.384. The van der Waals surface area contributed by atoms with Gasteiger partial charge in [-0.3, -0.25) is 0 Å². The molecule has 0 saturated carbocycles. The third-order valence-corrected chi connectivity index (χ3v) is 2.84. The van der Waals surface area contributed by atoms with E-state index >= 15 is 0 Å². The quantitative estimate of drug-likeness (QED) is 0.927. The van der Waals surface area contributed by atoms with Crippen LogP contribution in [0.15, 0.2) is 30.5 Å². The first-order valence-corrected chi connectivity index (χ1v) is 6.21. The van der Waals surface area contributed by atoms with Crippen molar-refractivity contribution in [2.24, 2.45) is 0 Å². The molecular formula is C14H14ClFN2O. The van der Waals surface area contributed by atoms with Crippen LogP contribution in [-0.4, -0.2) is 12.0 Å². The molecule has 0 fully saturated rings. The predicted octanol–water partition coefficient (Wildman–Crippen LogP) is 3.69. The van der Waals surface area contributed by atoms with Crippen LogP contribution in [0.5, 0.6) is 11.6 Å². The molecule has 3 nitrogen and oxygen atoms in total. The van der Waals surface area contributed by atoms with Crippen molar-refractivity contribution in [2.75, 3.05) is 7.05 Å². The number of nitrogens with zero attached hydrogens (tertiary/aromatic N) is 1. The molecule has 19 heavy (non-hydrogen) atoms. The molecule has 5 heteroatoms. The molecular weight excluding hydrogens is 267 g/mol. The molecule has 2 rings (SSSR count). The molecule has 100 valence electrons. The summed E-state index contributed by atoms with van der Waals surface area (Å²) in [5, 5.41) is 3.60. The Labute approximate surface area is 116 Å². The maximum Gasteiger partial charge on any atom is 0.223 e. The molecule has 2 aromatic rings. The lowest BCUT2D eigenvalue weighted by molar-refractivity contribution is 0.447. The molecule has 0 radical (unpaired) electrons. The van der Waals surface area contributed by atoms with E-state index in [9.17, 15) is 4.39 Å². The Morgan fingerprint density at radius 3 is 2.84 bits per heavy atom. The molecule has 1 heterocycles. The first-order valence-electron chi connectivity index (χ1n) is 5.83. The van der Waals surface area contributed by atoms with E-state index in [4.69, 9.17) is 16.3 Å². The number of aryl methyl sites for hydroxylation is 1. The van der Waals surface area contributed by atoms with Crippen molar-refractivity contribution in [1.82, 2.24) is 10.3 Å². The maximum atomic E-state index is 13.2. The van der Waals surface area contributed by atoms with Crippen LogP contribution >= 0.6 is 11.6 Å². The van der Waals surface area contributed by atoms with Crippen molar-refractivity contribution in [3.63, 3.8) is 0 Å². The first kappa shape index (κ1) is 13.8. The summed E-state index contributed by atoms with van der Waals surface area (Å²) in [5.74, 6) is 0.660. The van der Waals surface area contributed by atoms with Gasteiger partial charge in [0.25, 0.3) is 0 Å². The standard InChI is InChI=1S/C14H14ClFN2O/c1-9-5-11(15)3-4-13(9)19-14-10(7-17-2)6-12(16)8-18-14/h3-6,8,17H,7H2,1-2H3. The minimum Gasteiger partial charge on any atom is -0.438 e. The highest BCUT2D eigenvalue weighted by atomic mass is 35.5. The van der Waals surface area contributed by atoms with E-state index in [0.717, 1.165) is 11.8 Å². The van der Waals surface area contributed by atoms with Crippen molar-refractivity contribution < 1.29 is 9.13 Å². The largest absolute Gasteiger partial charge is 0.438 e. The number of halogens is 2. The average Bonchev–Trinajstić information content (AvgIpc) is 2.36. The van der Waals surface area contributed by atoms with Gasteiger partial charge in [0.05, 0.1) is 6.20 Å². The Balaban J connectivity index is 2.32. The Bertz CT molecular complexity index is 590. The van der Waals surface area contributed by atoms with Gasteiger partial charge in [-0.25, -0.2) is 9.37 Å². The van der Waals surface area contributed by atoms with Gasteiger partial charge in [-0.1, -0.05) is 11.6 Å². The summed E-state index contributed by atoms with van der Waals surface area (Å²) in [6, 6.07) is 6.72. The van der Waals surface area contributed by atoms with Gasteiger partial charge in [0.15, 0.2) is 0 Å². The summed E-state index contributed by atoms with van der Waals surface area (Å²) >= 11 is 5.89. The van der Waals surface area contributed by atoms with Gasteiger partial charge in [-0.15, -0.1) is 0 Å². The number of benzene rings is 1. The number of aromatic nitrogens is 1. The lowest BCUT2D eigenvalue weighted by atomic mass is 10.2. The zero-order valence-corrected chi connectivity index (χ0v) is 11.5. The second-order valence-corrected chi connectivity index (χ2v) is 4.60. The van der Waals surface area contributed by atoms with Gasteiger partial charge in [0.2, 0.25) is 5.88 Å². The van der Waals surface area contributed by atoms with Crippen LogP contribution in [0.25, 0.3) is 0 Å². The van der Waals surface area contributed by atoms with Gasteiger partial charge >= 0.3 is 0 Å². The fraction of sp³-hybridized carbons (Fsp3) is 0.214. The van der Waals surface area contributed by atoms with Crippen molar-refractivity contribution >= 4 is 11.6 Å². The Morgan fingerprint density at radius 1 is 1.37 bits per heavy atom. The summed E-state index contributed by atoms with van der Waals surface area (Å²) in [7, 11) is 1.78. The van der Waals surface area contributed by atoms with Crippen LogP contribution in [0.2, 0.25) is 5.02 Å². The maximum absolute atomic E-state index is 13.2. The smallest absolute Gasteiger partial charge is 0.223 e. The van der Waals surface area contributed by atoms with Crippen molar-refractivity contribution in [3.05, 3.63) is 52.4 Å². The number of ether oxygens (including phenoxy) is 1. The molecule has 1 N–H and O–H groups in total. The van der Waals surface area contributed by atoms with Crippen LogP contribution in [0.1, 0.15) is 11.1 Å². The molecule has 0 atom stereocenters. The highest BCUT2D eigenvalue weighted by Gasteiger charge is 2.09. The molecule has 0 saturated heterocycles. The van der Waals surface area contributed by atoms with Crippen LogP contribution < -0.4 is 10.1 Å². The van der Waals surface area contributed by atoms with Crippen molar-refractivity contribution in [1.29, 1.82) is 0 Å². The molecule has 0 amide bonds. The number of rotatable bonds is 4. The highest BCUT2D eigenvalue weighted by molar-refractivity contribution is 6.30. The summed E-state index contributed by atoms with van der Waals surface area (Å²) in [6.07, 6.45) is 1.14. The van der Waals surface area contributed by atoms with Crippen LogP contribution in [0.4, 0.5) is 4.39 Å². The number of pyridine rings is 1. The SMILES string of the molecule is CNCc1cc(F)cnc1Oc1ccc(Cl)cc1C. The summed E-state index contributed by atoms with van der Waals surface area (Å²) in [6.45, 7) is 2.37.